The molecular weight excluding hydrogens is 249 g/mol. The van der Waals surface area contributed by atoms with Gasteiger partial charge in [-0.2, -0.15) is 0 Å². The number of halogens is 1. The molecule has 1 aromatic rings. The number of amides is 1. The number of amidine groups is 1. The first-order valence-electron chi connectivity index (χ1n) is 5.95. The van der Waals surface area contributed by atoms with Crippen LogP contribution in [-0.4, -0.2) is 23.0 Å². The number of benzene rings is 1. The average molecular weight is 267 g/mol. The summed E-state index contributed by atoms with van der Waals surface area (Å²) in [6, 6.07) is 5.15. The van der Waals surface area contributed by atoms with E-state index in [9.17, 15) is 9.18 Å². The number of carbonyl (C=O) groups is 1. The molecule has 1 amide bonds. The van der Waals surface area contributed by atoms with E-state index < -0.39 is 6.04 Å². The predicted octanol–water partition coefficient (Wildman–Crippen LogP) is 1.26. The van der Waals surface area contributed by atoms with Crippen molar-refractivity contribution in [1.82, 2.24) is 5.32 Å². The molecule has 0 saturated carbocycles. The van der Waals surface area contributed by atoms with Crippen LogP contribution in [-0.2, 0) is 11.2 Å². The number of nitrogens with one attached hydrogen (secondary N) is 1. The minimum Gasteiger partial charge on any atom is -0.409 e. The average Bonchev–Trinajstić information content (AvgIpc) is 2.37. The Morgan fingerprint density at radius 3 is 2.47 bits per heavy atom. The lowest BCUT2D eigenvalue weighted by atomic mass is 10.0. The van der Waals surface area contributed by atoms with Gasteiger partial charge in [0, 0.05) is 0 Å². The van der Waals surface area contributed by atoms with Crippen LogP contribution in [0.1, 0.15) is 19.4 Å². The van der Waals surface area contributed by atoms with Crippen LogP contribution in [0.3, 0.4) is 0 Å². The molecule has 1 unspecified atom stereocenters. The van der Waals surface area contributed by atoms with E-state index >= 15 is 0 Å². The second kappa shape index (κ2) is 6.72. The quantitative estimate of drug-likeness (QED) is 0.325. The maximum Gasteiger partial charge on any atom is 0.225 e. The van der Waals surface area contributed by atoms with Crippen LogP contribution >= 0.6 is 0 Å². The Labute approximate surface area is 111 Å². The number of nitrogens with two attached hydrogens (primary N) is 1. The van der Waals surface area contributed by atoms with Crippen LogP contribution in [0.5, 0.6) is 0 Å². The number of nitrogens with zero attached hydrogens (tertiary/aromatic N) is 1. The number of hydrogen-bond donors (Lipinski definition) is 3. The standard InChI is InChI=1S/C13H18FN3O2/c1-8(2)12(13(15)17-19)16-11(18)7-9-3-5-10(14)6-4-9/h3-6,8,12,19H,7H2,1-2H3,(H2,15,17)(H,16,18). The minimum atomic E-state index is -0.530. The monoisotopic (exact) mass is 267 g/mol. The van der Waals surface area contributed by atoms with Gasteiger partial charge in [-0.1, -0.05) is 31.1 Å². The van der Waals surface area contributed by atoms with Gasteiger partial charge in [0.2, 0.25) is 5.91 Å². The second-order valence-electron chi connectivity index (χ2n) is 4.62. The maximum absolute atomic E-state index is 12.7. The fourth-order valence-electron chi connectivity index (χ4n) is 1.66. The summed E-state index contributed by atoms with van der Waals surface area (Å²) in [7, 11) is 0. The molecule has 0 fully saturated rings. The Kier molecular flexibility index (Phi) is 5.29. The summed E-state index contributed by atoms with van der Waals surface area (Å²) in [5.41, 5.74) is 6.21. The van der Waals surface area contributed by atoms with Gasteiger partial charge >= 0.3 is 0 Å². The van der Waals surface area contributed by atoms with E-state index in [2.05, 4.69) is 10.5 Å². The highest BCUT2D eigenvalue weighted by atomic mass is 19.1. The van der Waals surface area contributed by atoms with Crippen molar-refractivity contribution in [2.45, 2.75) is 26.3 Å². The van der Waals surface area contributed by atoms with Gasteiger partial charge in [0.25, 0.3) is 0 Å². The lowest BCUT2D eigenvalue weighted by Crippen LogP contribution is -2.48. The number of oxime groups is 1. The zero-order valence-electron chi connectivity index (χ0n) is 10.9. The van der Waals surface area contributed by atoms with Gasteiger partial charge in [0.1, 0.15) is 5.82 Å². The molecule has 0 aliphatic carbocycles. The van der Waals surface area contributed by atoms with Crippen molar-refractivity contribution in [1.29, 1.82) is 0 Å². The van der Waals surface area contributed by atoms with E-state index in [4.69, 9.17) is 10.9 Å². The molecule has 0 aliphatic heterocycles. The summed E-state index contributed by atoms with van der Waals surface area (Å²) in [4.78, 5) is 11.8. The number of carbonyl (C=O) groups excluding carboxylic acids is 1. The second-order valence-corrected chi connectivity index (χ2v) is 4.62. The van der Waals surface area contributed by atoms with Crippen molar-refractivity contribution in [2.75, 3.05) is 0 Å². The van der Waals surface area contributed by atoms with Crippen molar-refractivity contribution in [3.8, 4) is 0 Å². The van der Waals surface area contributed by atoms with Crippen molar-refractivity contribution in [2.24, 2.45) is 16.8 Å². The highest BCUT2D eigenvalue weighted by molar-refractivity contribution is 5.90. The van der Waals surface area contributed by atoms with Crippen molar-refractivity contribution in [3.05, 3.63) is 35.6 Å². The molecule has 0 bridgehead atoms. The molecule has 0 heterocycles. The van der Waals surface area contributed by atoms with E-state index in [1.807, 2.05) is 13.8 Å². The van der Waals surface area contributed by atoms with Gasteiger partial charge in [-0.15, -0.1) is 0 Å². The summed E-state index contributed by atoms with van der Waals surface area (Å²) in [6.45, 7) is 3.70. The number of rotatable bonds is 5. The van der Waals surface area contributed by atoms with E-state index in [1.54, 1.807) is 12.1 Å². The molecule has 104 valence electrons. The predicted molar refractivity (Wildman–Crippen MR) is 70.3 cm³/mol. The number of hydrogen-bond acceptors (Lipinski definition) is 3. The van der Waals surface area contributed by atoms with Crippen molar-refractivity contribution >= 4 is 11.7 Å². The van der Waals surface area contributed by atoms with Crippen molar-refractivity contribution in [3.63, 3.8) is 0 Å². The van der Waals surface area contributed by atoms with Crippen LogP contribution in [0.2, 0.25) is 0 Å². The molecule has 5 nitrogen and oxygen atoms in total. The lowest BCUT2D eigenvalue weighted by Gasteiger charge is -2.20. The first-order valence-corrected chi connectivity index (χ1v) is 5.95. The first kappa shape index (κ1) is 14.9. The van der Waals surface area contributed by atoms with E-state index in [0.717, 1.165) is 0 Å². The Morgan fingerprint density at radius 2 is 2.00 bits per heavy atom. The van der Waals surface area contributed by atoms with Gasteiger partial charge in [-0.3, -0.25) is 4.79 Å². The van der Waals surface area contributed by atoms with E-state index in [0.29, 0.717) is 5.56 Å². The van der Waals surface area contributed by atoms with Crippen LogP contribution in [0, 0.1) is 11.7 Å². The molecule has 6 heteroatoms. The molecule has 0 radical (unpaired) electrons. The van der Waals surface area contributed by atoms with E-state index in [-0.39, 0.29) is 29.9 Å². The van der Waals surface area contributed by atoms with Crippen LogP contribution < -0.4 is 11.1 Å². The minimum absolute atomic E-state index is 0.00642. The van der Waals surface area contributed by atoms with Crippen LogP contribution in [0.25, 0.3) is 0 Å². The highest BCUT2D eigenvalue weighted by Gasteiger charge is 2.20. The zero-order chi connectivity index (χ0) is 14.4. The van der Waals surface area contributed by atoms with Crippen LogP contribution in [0.15, 0.2) is 29.4 Å². The molecule has 4 N–H and O–H groups in total. The normalized spacial score (nSPS) is 13.4. The molecule has 1 aromatic carbocycles. The Balaban J connectivity index is 2.65. The summed E-state index contributed by atoms with van der Waals surface area (Å²) < 4.78 is 12.7. The summed E-state index contributed by atoms with van der Waals surface area (Å²) in [5, 5.41) is 14.3. The Morgan fingerprint density at radius 1 is 1.42 bits per heavy atom. The highest BCUT2D eigenvalue weighted by Crippen LogP contribution is 2.06. The molecule has 0 spiro atoms. The topological polar surface area (TPSA) is 87.7 Å². The van der Waals surface area contributed by atoms with Gasteiger partial charge in [0.15, 0.2) is 5.84 Å². The van der Waals surface area contributed by atoms with E-state index in [1.165, 1.54) is 12.1 Å². The molecule has 0 aromatic heterocycles. The van der Waals surface area contributed by atoms with Gasteiger partial charge in [0.05, 0.1) is 12.5 Å². The smallest absolute Gasteiger partial charge is 0.225 e. The summed E-state index contributed by atoms with van der Waals surface area (Å²) >= 11 is 0. The Bertz CT molecular complexity index is 457. The summed E-state index contributed by atoms with van der Waals surface area (Å²) in [6.07, 6.45) is 0.113. The maximum atomic E-state index is 12.7. The molecule has 1 rings (SSSR count). The zero-order valence-corrected chi connectivity index (χ0v) is 10.9. The SMILES string of the molecule is CC(C)C(NC(=O)Cc1ccc(F)cc1)C(N)=NO. The summed E-state index contributed by atoms with van der Waals surface area (Å²) in [5.74, 6) is -0.659. The third kappa shape index (κ3) is 4.57. The lowest BCUT2D eigenvalue weighted by molar-refractivity contribution is -0.121. The van der Waals surface area contributed by atoms with Crippen molar-refractivity contribution < 1.29 is 14.4 Å². The largest absolute Gasteiger partial charge is 0.409 e. The fourth-order valence-corrected chi connectivity index (χ4v) is 1.66. The molecular formula is C13H18FN3O2. The van der Waals surface area contributed by atoms with Gasteiger partial charge in [-0.05, 0) is 23.6 Å². The molecule has 19 heavy (non-hydrogen) atoms. The first-order chi connectivity index (χ1) is 8.93. The van der Waals surface area contributed by atoms with Gasteiger partial charge < -0.3 is 16.3 Å². The van der Waals surface area contributed by atoms with Gasteiger partial charge in [-0.25, -0.2) is 4.39 Å². The molecule has 0 saturated heterocycles. The fraction of sp³-hybridized carbons (Fsp3) is 0.385. The Hall–Kier alpha value is -2.11. The third-order valence-electron chi connectivity index (χ3n) is 2.70. The van der Waals surface area contributed by atoms with Crippen LogP contribution in [0.4, 0.5) is 4.39 Å². The molecule has 0 aliphatic rings. The third-order valence-corrected chi connectivity index (χ3v) is 2.70. The molecule has 1 atom stereocenters.